The highest BCUT2D eigenvalue weighted by atomic mass is 15.1. The minimum Gasteiger partial charge on any atom is -0.310 e. The third-order valence-corrected chi connectivity index (χ3v) is 14.6. The van der Waals surface area contributed by atoms with Crippen molar-refractivity contribution in [2.75, 3.05) is 4.90 Å². The molecule has 69 heavy (non-hydrogen) atoms. The zero-order chi connectivity index (χ0) is 46.1. The molecule has 0 radical (unpaired) electrons. The van der Waals surface area contributed by atoms with Crippen molar-refractivity contribution < 1.29 is 0 Å². The number of nitrogens with zero attached hydrogens (tertiary/aromatic N) is 2. The monoisotopic (exact) mass is 880 g/mol. The number of anilines is 3. The van der Waals surface area contributed by atoms with Crippen molar-refractivity contribution >= 4 is 49.6 Å². The Kier molecular flexibility index (Phi) is 9.55. The molecule has 1 heterocycles. The Hall–Kier alpha value is -8.72. The van der Waals surface area contributed by atoms with Gasteiger partial charge in [0.1, 0.15) is 0 Å². The highest BCUT2D eigenvalue weighted by Gasteiger charge is 2.35. The molecule has 1 aromatic heterocycles. The second kappa shape index (κ2) is 16.3. The first-order chi connectivity index (χ1) is 34.0. The number of para-hydroxylation sites is 3. The van der Waals surface area contributed by atoms with Crippen LogP contribution in [0.3, 0.4) is 0 Å². The first-order valence-corrected chi connectivity index (χ1v) is 24.0. The second-order valence-corrected chi connectivity index (χ2v) is 18.8. The van der Waals surface area contributed by atoms with Crippen LogP contribution in [0, 0.1) is 0 Å². The van der Waals surface area contributed by atoms with Gasteiger partial charge >= 0.3 is 0 Å². The van der Waals surface area contributed by atoms with Gasteiger partial charge in [0.2, 0.25) is 0 Å². The van der Waals surface area contributed by atoms with E-state index in [9.17, 15) is 0 Å². The summed E-state index contributed by atoms with van der Waals surface area (Å²) in [5.74, 6) is 0. The predicted octanol–water partition coefficient (Wildman–Crippen LogP) is 18.4. The normalized spacial score (nSPS) is 12.6. The molecule has 0 fully saturated rings. The molecule has 13 rings (SSSR count). The maximum absolute atomic E-state index is 2.44. The summed E-state index contributed by atoms with van der Waals surface area (Å²) < 4.78 is 2.39. The maximum Gasteiger partial charge on any atom is 0.0547 e. The molecular weight excluding hydrogens is 833 g/mol. The molecule has 326 valence electrons. The summed E-state index contributed by atoms with van der Waals surface area (Å²) in [5, 5.41) is 4.96. The van der Waals surface area contributed by atoms with Crippen molar-refractivity contribution in [2.45, 2.75) is 19.3 Å². The number of fused-ring (bicyclic) bond motifs is 7. The van der Waals surface area contributed by atoms with Crippen LogP contribution in [-0.4, -0.2) is 4.57 Å². The average molecular weight is 881 g/mol. The van der Waals surface area contributed by atoms with Crippen molar-refractivity contribution in [2.24, 2.45) is 0 Å². The van der Waals surface area contributed by atoms with Gasteiger partial charge in [0.25, 0.3) is 0 Å². The summed E-state index contributed by atoms with van der Waals surface area (Å²) in [4.78, 5) is 2.44. The van der Waals surface area contributed by atoms with Gasteiger partial charge in [-0.25, -0.2) is 0 Å². The van der Waals surface area contributed by atoms with E-state index in [1.54, 1.807) is 0 Å². The zero-order valence-corrected chi connectivity index (χ0v) is 38.6. The number of aromatic nitrogens is 1. The molecule has 0 aliphatic heterocycles. The van der Waals surface area contributed by atoms with Crippen molar-refractivity contribution in [1.29, 1.82) is 0 Å². The highest BCUT2D eigenvalue weighted by Crippen LogP contribution is 2.50. The van der Waals surface area contributed by atoms with Gasteiger partial charge in [-0.15, -0.1) is 0 Å². The van der Waals surface area contributed by atoms with Crippen LogP contribution in [0.4, 0.5) is 17.1 Å². The molecule has 1 aliphatic carbocycles. The molecule has 0 N–H and O–H groups in total. The van der Waals surface area contributed by atoms with Crippen LogP contribution in [0.15, 0.2) is 255 Å². The fourth-order valence-corrected chi connectivity index (χ4v) is 11.3. The molecule has 0 amide bonds. The Morgan fingerprint density at radius 3 is 1.61 bits per heavy atom. The Balaban J connectivity index is 0.964. The van der Waals surface area contributed by atoms with Gasteiger partial charge in [0.15, 0.2) is 0 Å². The number of benzene rings is 11. The summed E-state index contributed by atoms with van der Waals surface area (Å²) in [6, 6.07) is 93.6. The molecular formula is C67H48N2. The van der Waals surface area contributed by atoms with Crippen molar-refractivity contribution in [1.82, 2.24) is 4.57 Å². The molecule has 0 atom stereocenters. The molecule has 2 heteroatoms. The Bertz CT molecular complexity index is 3890. The highest BCUT2D eigenvalue weighted by molar-refractivity contribution is 6.16. The van der Waals surface area contributed by atoms with E-state index in [2.05, 4.69) is 278 Å². The zero-order valence-electron chi connectivity index (χ0n) is 38.6. The van der Waals surface area contributed by atoms with Gasteiger partial charge in [0.05, 0.1) is 16.7 Å². The van der Waals surface area contributed by atoms with E-state index in [-0.39, 0.29) is 5.41 Å². The van der Waals surface area contributed by atoms with Gasteiger partial charge in [-0.2, -0.15) is 0 Å². The van der Waals surface area contributed by atoms with Crippen LogP contribution in [0.5, 0.6) is 0 Å². The minimum absolute atomic E-state index is 0.0684. The third-order valence-electron chi connectivity index (χ3n) is 14.6. The van der Waals surface area contributed by atoms with Crippen LogP contribution in [0.2, 0.25) is 0 Å². The molecule has 12 aromatic rings. The van der Waals surface area contributed by atoms with Crippen LogP contribution in [0.1, 0.15) is 25.0 Å². The van der Waals surface area contributed by atoms with E-state index in [1.165, 1.54) is 99.3 Å². The number of rotatable bonds is 8. The fraction of sp³-hybridized carbons (Fsp3) is 0.0448. The van der Waals surface area contributed by atoms with Crippen molar-refractivity contribution in [3.8, 4) is 61.3 Å². The lowest BCUT2D eigenvalue weighted by molar-refractivity contribution is 0.660. The van der Waals surface area contributed by atoms with E-state index in [4.69, 9.17) is 0 Å². The van der Waals surface area contributed by atoms with E-state index >= 15 is 0 Å². The fourth-order valence-electron chi connectivity index (χ4n) is 11.3. The molecule has 0 saturated heterocycles. The average Bonchev–Trinajstić information content (AvgIpc) is 3.87. The Morgan fingerprint density at radius 2 is 0.855 bits per heavy atom. The lowest BCUT2D eigenvalue weighted by Gasteiger charge is -2.29. The molecule has 1 aliphatic rings. The first kappa shape index (κ1) is 40.5. The molecule has 0 unspecified atom stereocenters. The third kappa shape index (κ3) is 6.63. The Morgan fingerprint density at radius 1 is 0.333 bits per heavy atom. The maximum atomic E-state index is 2.44. The van der Waals surface area contributed by atoms with Gasteiger partial charge in [-0.3, -0.25) is 0 Å². The largest absolute Gasteiger partial charge is 0.310 e. The first-order valence-electron chi connectivity index (χ1n) is 24.0. The molecule has 11 aromatic carbocycles. The number of hydrogen-bond donors (Lipinski definition) is 0. The van der Waals surface area contributed by atoms with Crippen LogP contribution in [0.25, 0.3) is 93.9 Å². The summed E-state index contributed by atoms with van der Waals surface area (Å²) in [7, 11) is 0. The van der Waals surface area contributed by atoms with Crippen molar-refractivity contribution in [3.63, 3.8) is 0 Å². The number of hydrogen-bond acceptors (Lipinski definition) is 1. The SMILES string of the molecule is CC1(C)c2ccccc2-c2ccc(-c3ccc(N(c4ccc(-c5cccc6c5c5ccccc5n6-c5ccccc5)cc4)c4ccccc4-c4cccc5cccc(-c6ccccc6)c45)cc3)cc21. The van der Waals surface area contributed by atoms with Crippen LogP contribution >= 0.6 is 0 Å². The van der Waals surface area contributed by atoms with Crippen LogP contribution < -0.4 is 4.90 Å². The van der Waals surface area contributed by atoms with E-state index in [0.29, 0.717) is 0 Å². The molecule has 2 nitrogen and oxygen atoms in total. The summed E-state index contributed by atoms with van der Waals surface area (Å²) in [6.07, 6.45) is 0. The van der Waals surface area contributed by atoms with E-state index in [0.717, 1.165) is 22.7 Å². The summed E-state index contributed by atoms with van der Waals surface area (Å²) in [6.45, 7) is 4.71. The standard InChI is InChI=1S/C67H48N2/c1-67(2)60-30-12-9-24-55(60)56-43-38-49(44-61(56)67)45-34-39-51(40-35-45)68(62-31-13-10-25-57(62)58-29-16-21-48-20-15-27-53(65(48)58)46-18-5-3-6-19-46)52-41-36-47(37-42-52)54-28-17-33-64-66(54)59-26-11-14-32-63(59)69(64)50-22-7-4-8-23-50/h3-44H,1-2H3. The second-order valence-electron chi connectivity index (χ2n) is 18.8. The summed E-state index contributed by atoms with van der Waals surface area (Å²) >= 11 is 0. The molecule has 0 saturated carbocycles. The quantitative estimate of drug-likeness (QED) is 0.148. The Labute approximate surface area is 403 Å². The van der Waals surface area contributed by atoms with E-state index < -0.39 is 0 Å². The topological polar surface area (TPSA) is 8.17 Å². The lowest BCUT2D eigenvalue weighted by Crippen LogP contribution is -2.14. The van der Waals surface area contributed by atoms with Crippen LogP contribution in [-0.2, 0) is 5.41 Å². The van der Waals surface area contributed by atoms with Gasteiger partial charge in [-0.1, -0.05) is 208 Å². The van der Waals surface area contributed by atoms with Gasteiger partial charge < -0.3 is 9.47 Å². The molecule has 0 spiro atoms. The molecule has 0 bridgehead atoms. The van der Waals surface area contributed by atoms with Gasteiger partial charge in [-0.05, 0) is 133 Å². The summed E-state index contributed by atoms with van der Waals surface area (Å²) in [5.41, 5.74) is 21.8. The van der Waals surface area contributed by atoms with E-state index in [1.807, 2.05) is 0 Å². The lowest BCUT2D eigenvalue weighted by atomic mass is 9.81. The van der Waals surface area contributed by atoms with Gasteiger partial charge in [0, 0.05) is 38.8 Å². The minimum atomic E-state index is -0.0684. The predicted molar refractivity (Wildman–Crippen MR) is 292 cm³/mol. The van der Waals surface area contributed by atoms with Crippen molar-refractivity contribution in [3.05, 3.63) is 266 Å². The smallest absolute Gasteiger partial charge is 0.0547 e.